The van der Waals surface area contributed by atoms with Gasteiger partial charge in [-0.15, -0.1) is 0 Å². The lowest BCUT2D eigenvalue weighted by Gasteiger charge is -2.26. The van der Waals surface area contributed by atoms with Gasteiger partial charge < -0.3 is 25.4 Å². The summed E-state index contributed by atoms with van der Waals surface area (Å²) in [6.07, 6.45) is 2.86. The molecule has 0 rings (SSSR count). The highest BCUT2D eigenvalue weighted by Gasteiger charge is 2.26. The molecule has 0 aromatic rings. The number of nitrogens with one attached hydrogen (secondary N) is 3. The van der Waals surface area contributed by atoms with E-state index in [0.717, 1.165) is 0 Å². The Bertz CT molecular complexity index is 718. The Hall–Kier alpha value is -1.71. The van der Waals surface area contributed by atoms with Crippen LogP contribution in [0.4, 0.5) is 9.59 Å². The molecule has 0 saturated heterocycles. The molecule has 0 bridgehead atoms. The summed E-state index contributed by atoms with van der Waals surface area (Å²) in [6.45, 7) is 10.3. The van der Waals surface area contributed by atoms with Gasteiger partial charge in [-0.05, 0) is 59.0 Å². The molecule has 196 valence electrons. The number of carbonyl (C=O) groups excluding carboxylic acids is 4. The van der Waals surface area contributed by atoms with Crippen molar-refractivity contribution in [1.29, 1.82) is 0 Å². The quantitative estimate of drug-likeness (QED) is 0.190. The van der Waals surface area contributed by atoms with Gasteiger partial charge in [0.25, 0.3) is 0 Å². The third-order valence-electron chi connectivity index (χ3n) is 4.13. The van der Waals surface area contributed by atoms with E-state index in [4.69, 9.17) is 44.3 Å². The van der Waals surface area contributed by atoms with E-state index in [9.17, 15) is 19.2 Å². The van der Waals surface area contributed by atoms with E-state index in [-0.39, 0.29) is 31.3 Å². The van der Waals surface area contributed by atoms with Gasteiger partial charge >= 0.3 is 12.2 Å². The van der Waals surface area contributed by atoms with E-state index in [1.807, 2.05) is 13.8 Å². The number of carbonyl (C=O) groups is 4. The van der Waals surface area contributed by atoms with Gasteiger partial charge in [0.2, 0.25) is 9.70 Å². The molecule has 0 aliphatic rings. The number of alkyl halides is 3. The van der Waals surface area contributed by atoms with Crippen molar-refractivity contribution in [3.05, 3.63) is 12.2 Å². The highest BCUT2D eigenvalue weighted by molar-refractivity contribution is 6.67. The van der Waals surface area contributed by atoms with E-state index in [1.165, 1.54) is 13.0 Å². The molecule has 0 aromatic carbocycles. The maximum absolute atomic E-state index is 12.9. The van der Waals surface area contributed by atoms with Gasteiger partial charge in [0.15, 0.2) is 5.78 Å². The summed E-state index contributed by atoms with van der Waals surface area (Å²) in [5.41, 5.74) is -0.729. The lowest BCUT2D eigenvalue weighted by molar-refractivity contribution is -0.124. The van der Waals surface area contributed by atoms with E-state index >= 15 is 0 Å². The molecule has 0 unspecified atom stereocenters. The summed E-state index contributed by atoms with van der Waals surface area (Å²) in [4.78, 5) is 48.1. The predicted molar refractivity (Wildman–Crippen MR) is 133 cm³/mol. The van der Waals surface area contributed by atoms with Crippen LogP contribution in [0.5, 0.6) is 0 Å². The normalized spacial score (nSPS) is 13.8. The first kappa shape index (κ1) is 32.3. The second kappa shape index (κ2) is 15.3. The molecular weight excluding hydrogens is 509 g/mol. The minimum atomic E-state index is -1.70. The molecule has 34 heavy (non-hydrogen) atoms. The topological polar surface area (TPSA) is 123 Å². The molecule has 0 aliphatic heterocycles. The molecule has 0 aliphatic carbocycles. The van der Waals surface area contributed by atoms with E-state index < -0.39 is 39.6 Å². The number of alkyl carbamates (subject to hydrolysis) is 2. The average molecular weight is 545 g/mol. The Kier molecular flexibility index (Phi) is 14.5. The molecule has 12 heteroatoms. The Balaban J connectivity index is 4.96. The summed E-state index contributed by atoms with van der Waals surface area (Å²) >= 11 is 16.6. The van der Waals surface area contributed by atoms with Gasteiger partial charge in [-0.3, -0.25) is 9.59 Å². The van der Waals surface area contributed by atoms with Gasteiger partial charge in [-0.1, -0.05) is 54.7 Å². The molecule has 0 radical (unpaired) electrons. The Labute approximate surface area is 216 Å². The number of hydrogen-bond acceptors (Lipinski definition) is 6. The van der Waals surface area contributed by atoms with Crippen LogP contribution < -0.4 is 16.0 Å². The van der Waals surface area contributed by atoms with Crippen molar-refractivity contribution in [3.8, 4) is 0 Å². The second-order valence-corrected chi connectivity index (χ2v) is 11.6. The minimum Gasteiger partial charge on any atom is -0.445 e. The maximum Gasteiger partial charge on any atom is 0.408 e. The molecule has 2 atom stereocenters. The fourth-order valence-electron chi connectivity index (χ4n) is 2.52. The van der Waals surface area contributed by atoms with Crippen LogP contribution in [-0.4, -0.2) is 58.5 Å². The van der Waals surface area contributed by atoms with Crippen LogP contribution in [0.15, 0.2) is 12.2 Å². The molecule has 0 spiro atoms. The van der Waals surface area contributed by atoms with Crippen LogP contribution in [0.1, 0.15) is 60.8 Å². The number of unbranched alkanes of at least 4 members (excludes halogenated alkanes) is 1. The zero-order chi connectivity index (χ0) is 26.5. The Morgan fingerprint density at radius 2 is 1.59 bits per heavy atom. The molecule has 3 amide bonds. The first-order valence-electron chi connectivity index (χ1n) is 11.0. The Morgan fingerprint density at radius 3 is 2.09 bits per heavy atom. The average Bonchev–Trinajstić information content (AvgIpc) is 2.65. The highest BCUT2D eigenvalue weighted by atomic mass is 35.6. The van der Waals surface area contributed by atoms with Gasteiger partial charge in [0.1, 0.15) is 18.2 Å². The number of amides is 3. The molecule has 0 aromatic heterocycles. The molecule has 0 saturated carbocycles. The maximum atomic E-state index is 12.9. The summed E-state index contributed by atoms with van der Waals surface area (Å²) in [5, 5.41) is 7.97. The highest BCUT2D eigenvalue weighted by Crippen LogP contribution is 2.25. The zero-order valence-corrected chi connectivity index (χ0v) is 22.8. The Morgan fingerprint density at radius 1 is 0.971 bits per heavy atom. The van der Waals surface area contributed by atoms with Gasteiger partial charge in [-0.25, -0.2) is 9.59 Å². The standard InChI is InChI=1S/C22H36Cl3N3O6/c1-14(2)16(11-10-15(3)29)27-18(30)17(28-20(32)34-21(4,5)6)9-7-8-12-26-19(31)33-13-22(23,24)25/h10-11,14,16-17H,7-9,12-13H2,1-6H3,(H,26,31)(H,27,30)(H,28,32)/b11-10+/t16-,17+/m1/s1. The van der Waals surface area contributed by atoms with Crippen molar-refractivity contribution in [2.75, 3.05) is 13.2 Å². The number of ketones is 1. The van der Waals surface area contributed by atoms with E-state index in [2.05, 4.69) is 16.0 Å². The van der Waals surface area contributed by atoms with Crippen LogP contribution in [0, 0.1) is 5.92 Å². The summed E-state index contributed by atoms with van der Waals surface area (Å²) in [6, 6.07) is -1.27. The first-order valence-corrected chi connectivity index (χ1v) is 12.1. The first-order chi connectivity index (χ1) is 15.5. The summed E-state index contributed by atoms with van der Waals surface area (Å²) < 4.78 is 8.34. The lowest BCUT2D eigenvalue weighted by Crippen LogP contribution is -2.51. The fraction of sp³-hybridized carbons (Fsp3) is 0.727. The van der Waals surface area contributed by atoms with Gasteiger partial charge in [0, 0.05) is 12.6 Å². The monoisotopic (exact) mass is 543 g/mol. The minimum absolute atomic E-state index is 0.0182. The van der Waals surface area contributed by atoms with Crippen LogP contribution >= 0.6 is 34.8 Å². The van der Waals surface area contributed by atoms with E-state index in [1.54, 1.807) is 26.8 Å². The van der Waals surface area contributed by atoms with Crippen LogP contribution in [0.2, 0.25) is 0 Å². The smallest absolute Gasteiger partial charge is 0.408 e. The SMILES string of the molecule is CC(=O)/C=C/[C@@H](NC(=O)[C@H](CCCCNC(=O)OCC(Cl)(Cl)Cl)NC(=O)OC(C)(C)C)C(C)C. The van der Waals surface area contributed by atoms with Gasteiger partial charge in [0.05, 0.1) is 0 Å². The van der Waals surface area contributed by atoms with Crippen molar-refractivity contribution < 1.29 is 28.7 Å². The largest absolute Gasteiger partial charge is 0.445 e. The second-order valence-electron chi connectivity index (χ2n) is 9.06. The number of allylic oxidation sites excluding steroid dienone is 1. The number of hydrogen-bond donors (Lipinski definition) is 3. The fourth-order valence-corrected chi connectivity index (χ4v) is 2.69. The van der Waals surface area contributed by atoms with E-state index in [0.29, 0.717) is 12.8 Å². The lowest BCUT2D eigenvalue weighted by atomic mass is 10.0. The molecule has 3 N–H and O–H groups in total. The van der Waals surface area contributed by atoms with Crippen molar-refractivity contribution in [2.45, 2.75) is 82.3 Å². The van der Waals surface area contributed by atoms with Crippen LogP contribution in [-0.2, 0) is 19.1 Å². The number of rotatable bonds is 12. The third kappa shape index (κ3) is 17.7. The molecule has 0 heterocycles. The zero-order valence-electron chi connectivity index (χ0n) is 20.5. The van der Waals surface area contributed by atoms with Crippen molar-refractivity contribution in [3.63, 3.8) is 0 Å². The van der Waals surface area contributed by atoms with Crippen molar-refractivity contribution in [1.82, 2.24) is 16.0 Å². The number of ether oxygens (including phenoxy) is 2. The third-order valence-corrected chi connectivity index (χ3v) is 4.46. The number of halogens is 3. The molecular formula is C22H36Cl3N3O6. The predicted octanol–water partition coefficient (Wildman–Crippen LogP) is 4.43. The summed E-state index contributed by atoms with van der Waals surface area (Å²) in [7, 11) is 0. The summed E-state index contributed by atoms with van der Waals surface area (Å²) in [5.74, 6) is -0.527. The molecule has 9 nitrogen and oxygen atoms in total. The van der Waals surface area contributed by atoms with Crippen LogP contribution in [0.25, 0.3) is 0 Å². The van der Waals surface area contributed by atoms with Gasteiger partial charge in [-0.2, -0.15) is 0 Å². The van der Waals surface area contributed by atoms with Crippen molar-refractivity contribution in [2.24, 2.45) is 5.92 Å². The molecule has 0 fully saturated rings. The van der Waals surface area contributed by atoms with Crippen molar-refractivity contribution >= 4 is 58.7 Å². The van der Waals surface area contributed by atoms with Crippen LogP contribution in [0.3, 0.4) is 0 Å².